The molecule has 4 nitrogen and oxygen atoms in total. The second-order valence-corrected chi connectivity index (χ2v) is 4.90. The van der Waals surface area contributed by atoms with E-state index in [9.17, 15) is 0 Å². The van der Waals surface area contributed by atoms with E-state index in [1.165, 1.54) is 24.1 Å². The minimum atomic E-state index is 0.484. The SMILES string of the molecule is c1cncc(-c2n[nH]c3c2[C@@H]2CC[C@@H](C3)N2)c1. The van der Waals surface area contributed by atoms with Gasteiger partial charge in [-0.2, -0.15) is 5.10 Å². The lowest BCUT2D eigenvalue weighted by Crippen LogP contribution is -2.31. The highest BCUT2D eigenvalue weighted by atomic mass is 15.2. The van der Waals surface area contributed by atoms with Gasteiger partial charge in [-0.05, 0) is 25.0 Å². The number of pyridine rings is 1. The molecule has 2 aromatic heterocycles. The monoisotopic (exact) mass is 226 g/mol. The van der Waals surface area contributed by atoms with Gasteiger partial charge in [0.25, 0.3) is 0 Å². The van der Waals surface area contributed by atoms with Crippen LogP contribution < -0.4 is 5.32 Å². The average molecular weight is 226 g/mol. The van der Waals surface area contributed by atoms with E-state index < -0.39 is 0 Å². The van der Waals surface area contributed by atoms with Crippen LogP contribution in [0.1, 0.15) is 30.1 Å². The fraction of sp³-hybridized carbons (Fsp3) is 0.385. The molecule has 1 saturated heterocycles. The first kappa shape index (κ1) is 9.36. The minimum Gasteiger partial charge on any atom is -0.307 e. The van der Waals surface area contributed by atoms with E-state index in [0.29, 0.717) is 12.1 Å². The van der Waals surface area contributed by atoms with Crippen molar-refractivity contribution in [1.29, 1.82) is 0 Å². The summed E-state index contributed by atoms with van der Waals surface area (Å²) >= 11 is 0. The van der Waals surface area contributed by atoms with Gasteiger partial charge < -0.3 is 5.32 Å². The molecule has 2 aliphatic heterocycles. The lowest BCUT2D eigenvalue weighted by Gasteiger charge is -2.21. The van der Waals surface area contributed by atoms with E-state index in [1.54, 1.807) is 6.20 Å². The molecule has 2 aliphatic rings. The van der Waals surface area contributed by atoms with Crippen LogP contribution in [0.4, 0.5) is 0 Å². The summed E-state index contributed by atoms with van der Waals surface area (Å²) in [5.74, 6) is 0. The van der Waals surface area contributed by atoms with Gasteiger partial charge in [-0.25, -0.2) is 0 Å². The normalized spacial score (nSPS) is 25.9. The summed E-state index contributed by atoms with van der Waals surface area (Å²) in [6.45, 7) is 0. The summed E-state index contributed by atoms with van der Waals surface area (Å²) < 4.78 is 0. The summed E-state index contributed by atoms with van der Waals surface area (Å²) in [5, 5.41) is 11.4. The predicted octanol–water partition coefficient (Wildman–Crippen LogP) is 1.82. The molecule has 2 atom stereocenters. The van der Waals surface area contributed by atoms with E-state index in [-0.39, 0.29) is 0 Å². The molecule has 2 N–H and O–H groups in total. The molecule has 0 spiro atoms. The van der Waals surface area contributed by atoms with Crippen molar-refractivity contribution in [2.24, 2.45) is 0 Å². The molecule has 2 bridgehead atoms. The van der Waals surface area contributed by atoms with E-state index in [4.69, 9.17) is 0 Å². The summed E-state index contributed by atoms with van der Waals surface area (Å²) in [6.07, 6.45) is 7.27. The molecule has 0 unspecified atom stereocenters. The van der Waals surface area contributed by atoms with Crippen LogP contribution >= 0.6 is 0 Å². The van der Waals surface area contributed by atoms with E-state index >= 15 is 0 Å². The molecule has 1 fully saturated rings. The van der Waals surface area contributed by atoms with Crippen molar-refractivity contribution in [3.63, 3.8) is 0 Å². The average Bonchev–Trinajstić information content (AvgIpc) is 2.96. The number of nitrogens with one attached hydrogen (secondary N) is 2. The molecule has 4 heteroatoms. The van der Waals surface area contributed by atoms with Crippen LogP contribution in [0.3, 0.4) is 0 Å². The van der Waals surface area contributed by atoms with Crippen molar-refractivity contribution < 1.29 is 0 Å². The van der Waals surface area contributed by atoms with Crippen LogP contribution in [0, 0.1) is 0 Å². The van der Waals surface area contributed by atoms with Gasteiger partial charge in [-0.3, -0.25) is 10.1 Å². The molecule has 4 rings (SSSR count). The Balaban J connectivity index is 1.87. The third-order valence-corrected chi connectivity index (χ3v) is 3.86. The summed E-state index contributed by atoms with van der Waals surface area (Å²) in [7, 11) is 0. The van der Waals surface area contributed by atoms with Crippen LogP contribution in [0.5, 0.6) is 0 Å². The second kappa shape index (κ2) is 3.40. The van der Waals surface area contributed by atoms with Gasteiger partial charge in [0.1, 0.15) is 0 Å². The highest BCUT2D eigenvalue weighted by Gasteiger charge is 2.35. The molecular formula is C13H14N4. The van der Waals surface area contributed by atoms with Gasteiger partial charge in [-0.1, -0.05) is 0 Å². The maximum atomic E-state index is 4.48. The number of H-pyrrole nitrogens is 1. The zero-order chi connectivity index (χ0) is 11.2. The minimum absolute atomic E-state index is 0.484. The van der Waals surface area contributed by atoms with Crippen molar-refractivity contribution in [1.82, 2.24) is 20.5 Å². The van der Waals surface area contributed by atoms with Crippen LogP contribution in [-0.4, -0.2) is 21.2 Å². The van der Waals surface area contributed by atoms with E-state index in [0.717, 1.165) is 17.7 Å². The number of hydrogen-bond donors (Lipinski definition) is 2. The van der Waals surface area contributed by atoms with Gasteiger partial charge in [-0.15, -0.1) is 0 Å². The number of aromatic nitrogens is 3. The molecule has 2 aromatic rings. The van der Waals surface area contributed by atoms with Crippen LogP contribution in [-0.2, 0) is 6.42 Å². The van der Waals surface area contributed by atoms with E-state index in [2.05, 4.69) is 26.6 Å². The largest absolute Gasteiger partial charge is 0.307 e. The van der Waals surface area contributed by atoms with Crippen molar-refractivity contribution >= 4 is 0 Å². The number of hydrogen-bond acceptors (Lipinski definition) is 3. The Bertz CT molecular complexity index is 546. The Morgan fingerprint density at radius 2 is 2.29 bits per heavy atom. The zero-order valence-electron chi connectivity index (χ0n) is 9.48. The van der Waals surface area contributed by atoms with Crippen molar-refractivity contribution in [2.75, 3.05) is 0 Å². The van der Waals surface area contributed by atoms with Gasteiger partial charge in [0.05, 0.1) is 5.69 Å². The molecule has 17 heavy (non-hydrogen) atoms. The first-order valence-corrected chi connectivity index (χ1v) is 6.15. The van der Waals surface area contributed by atoms with Gasteiger partial charge in [0.2, 0.25) is 0 Å². The number of aromatic amines is 1. The molecule has 4 heterocycles. The first-order chi connectivity index (χ1) is 8.42. The highest BCUT2D eigenvalue weighted by Crippen LogP contribution is 2.39. The fourth-order valence-corrected chi connectivity index (χ4v) is 3.09. The van der Waals surface area contributed by atoms with E-state index in [1.807, 2.05) is 12.3 Å². The zero-order valence-corrected chi connectivity index (χ0v) is 9.48. The van der Waals surface area contributed by atoms with Crippen LogP contribution in [0.15, 0.2) is 24.5 Å². The van der Waals surface area contributed by atoms with Crippen LogP contribution in [0.2, 0.25) is 0 Å². The second-order valence-electron chi connectivity index (χ2n) is 4.90. The summed E-state index contributed by atoms with van der Waals surface area (Å²) in [6, 6.07) is 5.17. The van der Waals surface area contributed by atoms with Gasteiger partial charge >= 0.3 is 0 Å². The topological polar surface area (TPSA) is 53.6 Å². The fourth-order valence-electron chi connectivity index (χ4n) is 3.09. The van der Waals surface area contributed by atoms with Crippen LogP contribution in [0.25, 0.3) is 11.3 Å². The molecule has 0 amide bonds. The molecule has 86 valence electrons. The van der Waals surface area contributed by atoms with Crippen molar-refractivity contribution in [3.8, 4) is 11.3 Å². The molecule has 0 saturated carbocycles. The molecular weight excluding hydrogens is 212 g/mol. The van der Waals surface area contributed by atoms with Gasteiger partial charge in [0, 0.05) is 47.7 Å². The van der Waals surface area contributed by atoms with Crippen molar-refractivity contribution in [3.05, 3.63) is 35.8 Å². The molecule has 0 aromatic carbocycles. The third kappa shape index (κ3) is 1.34. The lowest BCUT2D eigenvalue weighted by molar-refractivity contribution is 0.511. The Hall–Kier alpha value is -1.68. The Kier molecular flexibility index (Phi) is 1.87. The number of rotatable bonds is 1. The maximum absolute atomic E-state index is 4.48. The smallest absolute Gasteiger partial charge is 0.0986 e. The predicted molar refractivity (Wildman–Crippen MR) is 64.4 cm³/mol. The highest BCUT2D eigenvalue weighted by molar-refractivity contribution is 5.64. The quantitative estimate of drug-likeness (QED) is 0.780. The maximum Gasteiger partial charge on any atom is 0.0986 e. The van der Waals surface area contributed by atoms with Crippen molar-refractivity contribution in [2.45, 2.75) is 31.3 Å². The third-order valence-electron chi connectivity index (χ3n) is 3.86. The Morgan fingerprint density at radius 1 is 1.29 bits per heavy atom. The number of fused-ring (bicyclic) bond motifs is 4. The Labute approximate surface area is 99.5 Å². The molecule has 0 radical (unpaired) electrons. The Morgan fingerprint density at radius 3 is 3.18 bits per heavy atom. The summed E-state index contributed by atoms with van der Waals surface area (Å²) in [5.41, 5.74) is 4.87. The number of nitrogens with zero attached hydrogens (tertiary/aromatic N) is 2. The standard InChI is InChI=1S/C13H14N4/c1-2-8(7-14-5-1)13-12-10-4-3-9(15-10)6-11(12)16-17-13/h1-2,5,7,9-10,15H,3-4,6H2,(H,16,17)/t9-,10-/m0/s1. The molecule has 0 aliphatic carbocycles. The van der Waals surface area contributed by atoms with Gasteiger partial charge in [0.15, 0.2) is 0 Å². The first-order valence-electron chi connectivity index (χ1n) is 6.15. The summed E-state index contributed by atoms with van der Waals surface area (Å²) in [4.78, 5) is 4.18. The lowest BCUT2D eigenvalue weighted by atomic mass is 9.97.